The molecule has 3 rings (SSSR count). The molecule has 0 saturated heterocycles. The van der Waals surface area contributed by atoms with Crippen molar-refractivity contribution < 1.29 is 9.59 Å². The van der Waals surface area contributed by atoms with E-state index in [1.165, 1.54) is 5.56 Å². The smallest absolute Gasteiger partial charge is 0.251 e. The van der Waals surface area contributed by atoms with E-state index >= 15 is 0 Å². The van der Waals surface area contributed by atoms with E-state index in [2.05, 4.69) is 5.32 Å². The van der Waals surface area contributed by atoms with Crippen molar-refractivity contribution >= 4 is 11.8 Å². The molecule has 4 nitrogen and oxygen atoms in total. The zero-order valence-electron chi connectivity index (χ0n) is 17.1. The largest absolute Gasteiger partial charge is 0.343 e. The number of rotatable bonds is 6. The van der Waals surface area contributed by atoms with E-state index in [-0.39, 0.29) is 24.4 Å². The number of carbonyl (C=O) groups is 2. The van der Waals surface area contributed by atoms with Crippen molar-refractivity contribution in [1.29, 1.82) is 0 Å². The molecule has 29 heavy (non-hydrogen) atoms. The van der Waals surface area contributed by atoms with E-state index in [1.807, 2.05) is 80.6 Å². The Hall–Kier alpha value is -3.40. The first-order chi connectivity index (χ1) is 14.0. The Morgan fingerprint density at radius 2 is 1.45 bits per heavy atom. The van der Waals surface area contributed by atoms with Gasteiger partial charge < -0.3 is 10.2 Å². The summed E-state index contributed by atoms with van der Waals surface area (Å²) in [6.45, 7) is 3.98. The second-order valence-electron chi connectivity index (χ2n) is 7.22. The van der Waals surface area contributed by atoms with Crippen molar-refractivity contribution in [3.8, 4) is 11.1 Å². The van der Waals surface area contributed by atoms with E-state index < -0.39 is 0 Å². The van der Waals surface area contributed by atoms with Crippen molar-refractivity contribution in [3.05, 3.63) is 95.6 Å². The van der Waals surface area contributed by atoms with E-state index in [4.69, 9.17) is 0 Å². The van der Waals surface area contributed by atoms with Crippen LogP contribution >= 0.6 is 0 Å². The Morgan fingerprint density at radius 3 is 2.07 bits per heavy atom. The molecule has 0 heterocycles. The van der Waals surface area contributed by atoms with E-state index in [0.29, 0.717) is 5.56 Å². The molecule has 0 aliphatic rings. The number of benzene rings is 3. The van der Waals surface area contributed by atoms with Crippen LogP contribution in [0.2, 0.25) is 0 Å². The first-order valence-electron chi connectivity index (χ1n) is 9.71. The minimum atomic E-state index is -0.255. The quantitative estimate of drug-likeness (QED) is 0.672. The van der Waals surface area contributed by atoms with Gasteiger partial charge in [-0.25, -0.2) is 0 Å². The predicted molar refractivity (Wildman–Crippen MR) is 117 cm³/mol. The van der Waals surface area contributed by atoms with Gasteiger partial charge in [-0.15, -0.1) is 0 Å². The fourth-order valence-corrected chi connectivity index (χ4v) is 3.11. The highest BCUT2D eigenvalue weighted by molar-refractivity contribution is 5.96. The Morgan fingerprint density at radius 1 is 0.862 bits per heavy atom. The molecule has 0 spiro atoms. The van der Waals surface area contributed by atoms with Crippen LogP contribution in [0.1, 0.15) is 34.5 Å². The van der Waals surface area contributed by atoms with Gasteiger partial charge in [-0.1, -0.05) is 72.3 Å². The molecule has 3 aromatic carbocycles. The van der Waals surface area contributed by atoms with Crippen LogP contribution < -0.4 is 5.32 Å². The summed E-state index contributed by atoms with van der Waals surface area (Å²) in [5, 5.41) is 2.72. The molecule has 3 aromatic rings. The average Bonchev–Trinajstić information content (AvgIpc) is 2.77. The highest BCUT2D eigenvalue weighted by Crippen LogP contribution is 2.20. The summed E-state index contributed by atoms with van der Waals surface area (Å²) in [5.74, 6) is -0.387. The molecule has 1 atom stereocenters. The minimum absolute atomic E-state index is 0.0357. The molecule has 0 saturated carbocycles. The number of aryl methyl sites for hydroxylation is 1. The first-order valence-corrected chi connectivity index (χ1v) is 9.71. The van der Waals surface area contributed by atoms with Gasteiger partial charge in [0.25, 0.3) is 5.91 Å². The van der Waals surface area contributed by atoms with Crippen molar-refractivity contribution in [2.45, 2.75) is 19.9 Å². The fraction of sp³-hybridized carbons (Fsp3) is 0.200. The Balaban J connectivity index is 1.56. The molecule has 0 aliphatic heterocycles. The highest BCUT2D eigenvalue weighted by Gasteiger charge is 2.18. The van der Waals surface area contributed by atoms with Gasteiger partial charge in [-0.3, -0.25) is 9.59 Å². The molecule has 2 amide bonds. The molecule has 0 aromatic heterocycles. The summed E-state index contributed by atoms with van der Waals surface area (Å²) in [6.07, 6.45) is 0. The highest BCUT2D eigenvalue weighted by atomic mass is 16.2. The third-order valence-corrected chi connectivity index (χ3v) is 5.19. The summed E-state index contributed by atoms with van der Waals surface area (Å²) >= 11 is 0. The zero-order chi connectivity index (χ0) is 20.8. The van der Waals surface area contributed by atoms with Gasteiger partial charge in [-0.2, -0.15) is 0 Å². The summed E-state index contributed by atoms with van der Waals surface area (Å²) < 4.78 is 0. The monoisotopic (exact) mass is 386 g/mol. The molecule has 1 unspecified atom stereocenters. The minimum Gasteiger partial charge on any atom is -0.343 e. The molecular formula is C25H26N2O2. The third-order valence-electron chi connectivity index (χ3n) is 5.19. The van der Waals surface area contributed by atoms with Crippen LogP contribution in [0.5, 0.6) is 0 Å². The summed E-state index contributed by atoms with van der Waals surface area (Å²) in [7, 11) is 1.76. The summed E-state index contributed by atoms with van der Waals surface area (Å²) in [6, 6.07) is 25.4. The molecule has 0 aliphatic carbocycles. The van der Waals surface area contributed by atoms with Gasteiger partial charge in [0, 0.05) is 12.6 Å². The normalized spacial score (nSPS) is 11.6. The molecule has 0 bridgehead atoms. The molecule has 148 valence electrons. The van der Waals surface area contributed by atoms with Gasteiger partial charge in [0.1, 0.15) is 0 Å². The molecule has 0 fully saturated rings. The van der Waals surface area contributed by atoms with Crippen molar-refractivity contribution in [1.82, 2.24) is 10.2 Å². The zero-order valence-corrected chi connectivity index (χ0v) is 17.1. The fourth-order valence-electron chi connectivity index (χ4n) is 3.11. The topological polar surface area (TPSA) is 49.4 Å². The SMILES string of the molecule is Cc1ccc(C(C)N(C)C(=O)CNC(=O)c2ccc(-c3ccccc3)cc2)cc1. The first kappa shape index (κ1) is 20.3. The van der Waals surface area contributed by atoms with Crippen LogP contribution in [0.4, 0.5) is 0 Å². The van der Waals surface area contributed by atoms with E-state index in [9.17, 15) is 9.59 Å². The Bertz CT molecular complexity index is 964. The number of likely N-dealkylation sites (N-methyl/N-ethyl adjacent to an activating group) is 1. The van der Waals surface area contributed by atoms with Gasteiger partial charge in [0.2, 0.25) is 5.91 Å². The third kappa shape index (κ3) is 5.11. The summed E-state index contributed by atoms with van der Waals surface area (Å²) in [4.78, 5) is 26.6. The van der Waals surface area contributed by atoms with Gasteiger partial charge in [0.05, 0.1) is 12.6 Å². The number of hydrogen-bond acceptors (Lipinski definition) is 2. The summed E-state index contributed by atoms with van der Waals surface area (Å²) in [5.41, 5.74) is 4.92. The predicted octanol–water partition coefficient (Wildman–Crippen LogP) is 4.61. The molecule has 0 radical (unpaired) electrons. The average molecular weight is 386 g/mol. The maximum absolute atomic E-state index is 12.5. The van der Waals surface area contributed by atoms with E-state index in [1.54, 1.807) is 24.1 Å². The van der Waals surface area contributed by atoms with Gasteiger partial charge >= 0.3 is 0 Å². The Kier molecular flexibility index (Phi) is 6.45. The number of hydrogen-bond donors (Lipinski definition) is 1. The second-order valence-corrected chi connectivity index (χ2v) is 7.22. The van der Waals surface area contributed by atoms with Gasteiger partial charge in [-0.05, 0) is 42.7 Å². The maximum atomic E-state index is 12.5. The maximum Gasteiger partial charge on any atom is 0.251 e. The number of amides is 2. The van der Waals surface area contributed by atoms with Crippen molar-refractivity contribution in [3.63, 3.8) is 0 Å². The lowest BCUT2D eigenvalue weighted by atomic mass is 10.0. The van der Waals surface area contributed by atoms with Crippen molar-refractivity contribution in [2.24, 2.45) is 0 Å². The van der Waals surface area contributed by atoms with Crippen LogP contribution in [0.3, 0.4) is 0 Å². The van der Waals surface area contributed by atoms with Crippen LogP contribution in [0, 0.1) is 6.92 Å². The number of nitrogens with one attached hydrogen (secondary N) is 1. The molecule has 4 heteroatoms. The lowest BCUT2D eigenvalue weighted by Crippen LogP contribution is -2.39. The second kappa shape index (κ2) is 9.20. The van der Waals surface area contributed by atoms with E-state index in [0.717, 1.165) is 16.7 Å². The van der Waals surface area contributed by atoms with Crippen LogP contribution in [-0.4, -0.2) is 30.3 Å². The standard InChI is InChI=1S/C25H26N2O2/c1-18-9-11-20(12-10-18)19(2)27(3)24(28)17-26-25(29)23-15-13-22(14-16-23)21-7-5-4-6-8-21/h4-16,19H,17H2,1-3H3,(H,26,29). The molecular weight excluding hydrogens is 360 g/mol. The van der Waals surface area contributed by atoms with Crippen LogP contribution in [-0.2, 0) is 4.79 Å². The number of nitrogens with zero attached hydrogens (tertiary/aromatic N) is 1. The number of carbonyl (C=O) groups excluding carboxylic acids is 2. The van der Waals surface area contributed by atoms with Crippen LogP contribution in [0.15, 0.2) is 78.9 Å². The van der Waals surface area contributed by atoms with Gasteiger partial charge in [0.15, 0.2) is 0 Å². The van der Waals surface area contributed by atoms with Crippen LogP contribution in [0.25, 0.3) is 11.1 Å². The lowest BCUT2D eigenvalue weighted by molar-refractivity contribution is -0.130. The molecule has 1 N–H and O–H groups in total. The Labute approximate surface area is 172 Å². The lowest BCUT2D eigenvalue weighted by Gasteiger charge is -2.25. The van der Waals surface area contributed by atoms with Crippen molar-refractivity contribution in [2.75, 3.05) is 13.6 Å².